The van der Waals surface area contributed by atoms with Crippen LogP contribution < -0.4 is 14.8 Å². The summed E-state index contributed by atoms with van der Waals surface area (Å²) >= 11 is 0. The Morgan fingerprint density at radius 3 is 2.35 bits per heavy atom. The summed E-state index contributed by atoms with van der Waals surface area (Å²) in [6, 6.07) is 2.18. The van der Waals surface area contributed by atoms with Gasteiger partial charge in [-0.25, -0.2) is 19.2 Å². The maximum atomic E-state index is 13.3. The normalized spacial score (nSPS) is 27.6. The number of hydrogen-bond donors (Lipinski definition) is 2. The van der Waals surface area contributed by atoms with Crippen LogP contribution in [-0.2, 0) is 40.4 Å². The van der Waals surface area contributed by atoms with Crippen molar-refractivity contribution in [2.45, 2.75) is 121 Å². The Balaban J connectivity index is 1.38. The number of ether oxygens (including phenoxy) is 6. The second-order valence-corrected chi connectivity index (χ2v) is 14.5. The van der Waals surface area contributed by atoms with E-state index in [0.29, 0.717) is 25.1 Å². The fourth-order valence-electron chi connectivity index (χ4n) is 6.93. The Morgan fingerprint density at radius 2 is 1.70 bits per heavy atom. The minimum atomic E-state index is -1.34. The minimum absolute atomic E-state index is 0.135. The van der Waals surface area contributed by atoms with Gasteiger partial charge in [-0.1, -0.05) is 6.07 Å². The SMILES string of the molecule is CC(OC(=O)[C@H](C)NC(=O)OC(C)(C)C)C(=O)OC1=CC[C@@]2(O)[C@H]3Cc4ccc(OC(=O)OC(C)(C)C)c5c4[C@@]2(CCN3C)[C@H]1O5. The summed E-state index contributed by atoms with van der Waals surface area (Å²) in [4.78, 5) is 52.8. The second-order valence-electron chi connectivity index (χ2n) is 14.5. The molecule has 13 nitrogen and oxygen atoms in total. The van der Waals surface area contributed by atoms with Crippen molar-refractivity contribution in [2.24, 2.45) is 0 Å². The quantitative estimate of drug-likeness (QED) is 0.263. The average Bonchev–Trinajstić information content (AvgIpc) is 3.27. The minimum Gasteiger partial charge on any atom is -0.477 e. The molecular formula is C33H44N2O11. The largest absolute Gasteiger partial charge is 0.514 e. The van der Waals surface area contributed by atoms with E-state index in [1.54, 1.807) is 53.7 Å². The first-order valence-electron chi connectivity index (χ1n) is 15.5. The molecule has 2 aliphatic carbocycles. The molecule has 0 aromatic heterocycles. The molecule has 6 atom stereocenters. The molecular weight excluding hydrogens is 600 g/mol. The van der Waals surface area contributed by atoms with Gasteiger partial charge in [-0.05, 0) is 99.5 Å². The van der Waals surface area contributed by atoms with Crippen LogP contribution in [0.5, 0.6) is 11.5 Å². The van der Waals surface area contributed by atoms with Crippen molar-refractivity contribution < 1.29 is 52.7 Å². The third kappa shape index (κ3) is 5.90. The summed E-state index contributed by atoms with van der Waals surface area (Å²) in [5.74, 6) is -1.13. The van der Waals surface area contributed by atoms with Crippen LogP contribution in [0.3, 0.4) is 0 Å². The molecule has 1 saturated heterocycles. The van der Waals surface area contributed by atoms with Gasteiger partial charge < -0.3 is 43.7 Å². The highest BCUT2D eigenvalue weighted by molar-refractivity contribution is 5.84. The van der Waals surface area contributed by atoms with Gasteiger partial charge in [0.1, 0.15) is 23.0 Å². The number of likely N-dealkylation sites (N-methyl/N-ethyl adjacent to an activating group) is 1. The number of benzene rings is 1. The fourth-order valence-corrected chi connectivity index (χ4v) is 6.93. The van der Waals surface area contributed by atoms with Crippen molar-refractivity contribution in [3.8, 4) is 11.5 Å². The van der Waals surface area contributed by atoms with Gasteiger partial charge in [0.2, 0.25) is 0 Å². The Morgan fingerprint density at radius 1 is 1.02 bits per heavy atom. The lowest BCUT2D eigenvalue weighted by molar-refractivity contribution is -0.175. The van der Waals surface area contributed by atoms with Crippen LogP contribution in [0.4, 0.5) is 9.59 Å². The van der Waals surface area contributed by atoms with Crippen LogP contribution in [0, 0.1) is 0 Å². The third-order valence-corrected chi connectivity index (χ3v) is 8.85. The highest BCUT2D eigenvalue weighted by atomic mass is 16.7. The molecule has 2 bridgehead atoms. The number of nitrogens with zero attached hydrogens (tertiary/aromatic N) is 1. The van der Waals surface area contributed by atoms with Crippen molar-refractivity contribution in [3.05, 3.63) is 35.1 Å². The first kappa shape index (κ1) is 33.5. The van der Waals surface area contributed by atoms with Gasteiger partial charge in [0, 0.05) is 18.0 Å². The summed E-state index contributed by atoms with van der Waals surface area (Å²) in [5, 5.41) is 14.8. The van der Waals surface area contributed by atoms with Crippen molar-refractivity contribution in [3.63, 3.8) is 0 Å². The van der Waals surface area contributed by atoms with E-state index in [2.05, 4.69) is 10.2 Å². The van der Waals surface area contributed by atoms with Gasteiger partial charge in [-0.2, -0.15) is 0 Å². The molecule has 2 heterocycles. The maximum Gasteiger partial charge on any atom is 0.514 e. The Kier molecular flexibility index (Phi) is 8.34. The van der Waals surface area contributed by atoms with E-state index in [1.807, 2.05) is 13.1 Å². The number of nitrogens with one attached hydrogen (secondary N) is 1. The zero-order valence-corrected chi connectivity index (χ0v) is 27.8. The molecule has 2 aliphatic heterocycles. The highest BCUT2D eigenvalue weighted by Crippen LogP contribution is 2.65. The molecule has 252 valence electrons. The lowest BCUT2D eigenvalue weighted by Crippen LogP contribution is -2.74. The van der Waals surface area contributed by atoms with E-state index in [0.717, 1.165) is 11.1 Å². The molecule has 1 aromatic rings. The number of piperidine rings is 1. The van der Waals surface area contributed by atoms with Crippen LogP contribution >= 0.6 is 0 Å². The van der Waals surface area contributed by atoms with Gasteiger partial charge in [-0.15, -0.1) is 0 Å². The van der Waals surface area contributed by atoms with E-state index in [-0.39, 0.29) is 24.0 Å². The molecule has 1 unspecified atom stereocenters. The number of aliphatic hydroxyl groups is 1. The average molecular weight is 645 g/mol. The second kappa shape index (κ2) is 11.4. The van der Waals surface area contributed by atoms with Gasteiger partial charge in [-0.3, -0.25) is 0 Å². The summed E-state index contributed by atoms with van der Waals surface area (Å²) < 4.78 is 33.8. The number of esters is 2. The van der Waals surface area contributed by atoms with Crippen LogP contribution in [0.1, 0.15) is 79.4 Å². The molecule has 4 aliphatic rings. The monoisotopic (exact) mass is 644 g/mol. The molecule has 1 fully saturated rings. The van der Waals surface area contributed by atoms with Gasteiger partial charge in [0.05, 0.1) is 11.0 Å². The van der Waals surface area contributed by atoms with Crippen molar-refractivity contribution in [2.75, 3.05) is 13.6 Å². The predicted octanol–water partition coefficient (Wildman–Crippen LogP) is 3.67. The van der Waals surface area contributed by atoms with E-state index in [1.165, 1.54) is 13.8 Å². The third-order valence-electron chi connectivity index (χ3n) is 8.85. The Labute approximate surface area is 268 Å². The maximum absolute atomic E-state index is 13.3. The molecule has 0 radical (unpaired) electrons. The first-order chi connectivity index (χ1) is 21.3. The molecule has 1 spiro atoms. The topological polar surface area (TPSA) is 159 Å². The van der Waals surface area contributed by atoms with Crippen molar-refractivity contribution >= 4 is 24.2 Å². The Hall–Kier alpha value is -3.84. The predicted molar refractivity (Wildman–Crippen MR) is 162 cm³/mol. The standard InChI is InChI=1S/C33H44N2O11/c1-17(34-28(38)45-30(3,4)5)26(36)41-18(2)27(37)42-21-12-13-33(40)22-16-19-10-11-20(43-29(39)46-31(6,7)8)24-23(19)32(33,25(21)44-24)14-15-35(22)9/h10-12,17-18,22,25,40H,13-16H2,1-9H3,(H,34,38)/t17-,18?,22+,25-,32-,33+/m0/s1. The van der Waals surface area contributed by atoms with E-state index < -0.39 is 64.7 Å². The molecule has 5 rings (SSSR count). The number of likely N-dealkylation sites (tertiary alicyclic amines) is 1. The number of amides is 1. The fraction of sp³-hybridized carbons (Fsp3) is 0.636. The van der Waals surface area contributed by atoms with E-state index in [4.69, 9.17) is 28.4 Å². The van der Waals surface area contributed by atoms with E-state index in [9.17, 15) is 24.3 Å². The highest BCUT2D eigenvalue weighted by Gasteiger charge is 2.72. The van der Waals surface area contributed by atoms with Crippen molar-refractivity contribution in [1.82, 2.24) is 10.2 Å². The molecule has 1 amide bonds. The number of hydrogen-bond acceptors (Lipinski definition) is 12. The van der Waals surface area contributed by atoms with E-state index >= 15 is 0 Å². The first-order valence-corrected chi connectivity index (χ1v) is 15.5. The van der Waals surface area contributed by atoms with Gasteiger partial charge >= 0.3 is 24.2 Å². The van der Waals surface area contributed by atoms with Gasteiger partial charge in [0.25, 0.3) is 0 Å². The summed E-state index contributed by atoms with van der Waals surface area (Å²) in [5.41, 5.74) is -2.15. The summed E-state index contributed by atoms with van der Waals surface area (Å²) in [7, 11) is 1.97. The Bertz CT molecular complexity index is 1470. The lowest BCUT2D eigenvalue weighted by atomic mass is 9.50. The molecule has 13 heteroatoms. The number of carbonyl (C=O) groups excluding carboxylic acids is 4. The number of rotatable bonds is 6. The lowest BCUT2D eigenvalue weighted by Gasteiger charge is -2.61. The van der Waals surface area contributed by atoms with Gasteiger partial charge in [0.15, 0.2) is 23.7 Å². The van der Waals surface area contributed by atoms with Crippen LogP contribution in [0.2, 0.25) is 0 Å². The van der Waals surface area contributed by atoms with Crippen LogP contribution in [0.15, 0.2) is 24.0 Å². The molecule has 2 N–H and O–H groups in total. The molecule has 46 heavy (non-hydrogen) atoms. The zero-order valence-electron chi connectivity index (χ0n) is 27.8. The summed E-state index contributed by atoms with van der Waals surface area (Å²) in [6.07, 6.45) is -1.14. The number of carbonyl (C=O) groups is 4. The smallest absolute Gasteiger partial charge is 0.477 e. The zero-order chi connectivity index (χ0) is 34.0. The molecule has 1 aromatic carbocycles. The van der Waals surface area contributed by atoms with Crippen LogP contribution in [-0.4, -0.2) is 88.9 Å². The molecule has 0 saturated carbocycles. The summed E-state index contributed by atoms with van der Waals surface area (Å²) in [6.45, 7) is 13.7. The number of alkyl carbamates (subject to hydrolysis) is 1. The van der Waals surface area contributed by atoms with Crippen LogP contribution in [0.25, 0.3) is 0 Å². The van der Waals surface area contributed by atoms with Crippen molar-refractivity contribution in [1.29, 1.82) is 0 Å².